The zero-order chi connectivity index (χ0) is 21.1. The summed E-state index contributed by atoms with van der Waals surface area (Å²) in [4.78, 5) is 13.4. The number of hydrazone groups is 1. The average Bonchev–Trinajstić information content (AvgIpc) is 3.35. The van der Waals surface area contributed by atoms with Crippen LogP contribution in [-0.4, -0.2) is 21.8 Å². The zero-order valence-corrected chi connectivity index (χ0v) is 17.1. The Bertz CT molecular complexity index is 1320. The van der Waals surface area contributed by atoms with Gasteiger partial charge < -0.3 is 9.67 Å². The molecule has 0 bridgehead atoms. The van der Waals surface area contributed by atoms with Crippen molar-refractivity contribution in [3.63, 3.8) is 0 Å². The molecular formula is C22H15ClN4O2S. The van der Waals surface area contributed by atoms with Crippen molar-refractivity contribution in [2.24, 2.45) is 5.10 Å². The van der Waals surface area contributed by atoms with Gasteiger partial charge in [0.1, 0.15) is 11.8 Å². The van der Waals surface area contributed by atoms with Crippen molar-refractivity contribution in [2.75, 3.05) is 0 Å². The first kappa shape index (κ1) is 19.7. The summed E-state index contributed by atoms with van der Waals surface area (Å²) in [5.74, 6) is -0.638. The average molecular weight is 435 g/mol. The molecule has 0 atom stereocenters. The minimum Gasteiger partial charge on any atom is -0.507 e. The number of carbonyl (C=O) groups excluding carboxylic acids is 1. The second kappa shape index (κ2) is 8.41. The van der Waals surface area contributed by atoms with Crippen LogP contribution in [0, 0.1) is 11.3 Å². The fourth-order valence-corrected chi connectivity index (χ4v) is 4.18. The summed E-state index contributed by atoms with van der Waals surface area (Å²) in [7, 11) is 0. The first-order chi connectivity index (χ1) is 14.5. The number of amides is 1. The van der Waals surface area contributed by atoms with Crippen LogP contribution >= 0.6 is 22.9 Å². The summed E-state index contributed by atoms with van der Waals surface area (Å²) >= 11 is 7.58. The maximum Gasteiger partial charge on any atom is 0.271 e. The fraction of sp³-hybridized carbons (Fsp3) is 0.0455. The smallest absolute Gasteiger partial charge is 0.271 e. The lowest BCUT2D eigenvalue weighted by Crippen LogP contribution is -2.17. The normalized spacial score (nSPS) is 11.1. The molecule has 0 aliphatic rings. The predicted octanol–water partition coefficient (Wildman–Crippen LogP) is 4.75. The number of fused-ring (bicyclic) bond motifs is 1. The molecule has 6 nitrogen and oxygen atoms in total. The van der Waals surface area contributed by atoms with Gasteiger partial charge in [-0.3, -0.25) is 4.79 Å². The van der Waals surface area contributed by atoms with E-state index in [0.717, 1.165) is 32.2 Å². The highest BCUT2D eigenvalue weighted by atomic mass is 35.5. The van der Waals surface area contributed by atoms with Gasteiger partial charge in [-0.15, -0.1) is 11.3 Å². The van der Waals surface area contributed by atoms with Crippen molar-refractivity contribution in [1.82, 2.24) is 9.99 Å². The number of phenolic OH excluding ortho intramolecular Hbond substituents is 1. The molecule has 0 fully saturated rings. The standard InChI is InChI=1S/C22H15ClN4O2S/c23-21-7-5-17(30-21)13-27-9-8-18-15(2-1-3-19(18)27)12-25-26-22(29)14-4-6-20(28)16(10-14)11-24/h1-10,12,28H,13H2,(H,26,29). The molecule has 148 valence electrons. The van der Waals surface area contributed by atoms with Gasteiger partial charge in [0.25, 0.3) is 5.91 Å². The molecule has 1 amide bonds. The van der Waals surface area contributed by atoms with Crippen molar-refractivity contribution in [2.45, 2.75) is 6.54 Å². The number of nitriles is 1. The van der Waals surface area contributed by atoms with E-state index >= 15 is 0 Å². The second-order valence-electron chi connectivity index (χ2n) is 6.47. The number of carbonyl (C=O) groups is 1. The summed E-state index contributed by atoms with van der Waals surface area (Å²) in [5.41, 5.74) is 4.63. The van der Waals surface area contributed by atoms with Crippen LogP contribution in [0.15, 0.2) is 65.9 Å². The Balaban J connectivity index is 1.52. The van der Waals surface area contributed by atoms with Gasteiger partial charge in [0.15, 0.2) is 0 Å². The Labute approximate surface area is 181 Å². The third kappa shape index (κ3) is 4.06. The van der Waals surface area contributed by atoms with Crippen molar-refractivity contribution in [3.05, 3.63) is 86.7 Å². The molecule has 0 spiro atoms. The van der Waals surface area contributed by atoms with Crippen LogP contribution in [0.5, 0.6) is 5.75 Å². The summed E-state index contributed by atoms with van der Waals surface area (Å²) in [6.45, 7) is 0.723. The van der Waals surface area contributed by atoms with E-state index < -0.39 is 5.91 Å². The van der Waals surface area contributed by atoms with Gasteiger partial charge in [-0.05, 0) is 42.5 Å². The number of hydrogen-bond acceptors (Lipinski definition) is 5. The van der Waals surface area contributed by atoms with E-state index in [0.29, 0.717) is 0 Å². The molecule has 0 aliphatic carbocycles. The molecule has 4 aromatic rings. The summed E-state index contributed by atoms with van der Waals surface area (Å²) in [6, 6.07) is 17.7. The highest BCUT2D eigenvalue weighted by Gasteiger charge is 2.09. The highest BCUT2D eigenvalue weighted by molar-refractivity contribution is 7.16. The number of halogens is 1. The number of aromatic hydroxyl groups is 1. The van der Waals surface area contributed by atoms with Gasteiger partial charge in [-0.1, -0.05) is 23.7 Å². The molecule has 0 unspecified atom stereocenters. The molecule has 8 heteroatoms. The number of nitrogens with zero attached hydrogens (tertiary/aromatic N) is 3. The second-order valence-corrected chi connectivity index (χ2v) is 8.27. The number of rotatable bonds is 5. The van der Waals surface area contributed by atoms with Crippen molar-refractivity contribution < 1.29 is 9.90 Å². The van der Waals surface area contributed by atoms with Gasteiger partial charge in [-0.25, -0.2) is 5.43 Å². The van der Waals surface area contributed by atoms with E-state index in [1.165, 1.54) is 18.2 Å². The number of nitrogens with one attached hydrogen (secondary N) is 1. The maximum atomic E-state index is 12.3. The van der Waals surface area contributed by atoms with E-state index in [-0.39, 0.29) is 16.9 Å². The quantitative estimate of drug-likeness (QED) is 0.351. The third-order valence-electron chi connectivity index (χ3n) is 4.55. The summed E-state index contributed by atoms with van der Waals surface area (Å²) < 4.78 is 2.90. The molecule has 2 aromatic heterocycles. The molecule has 0 saturated heterocycles. The van der Waals surface area contributed by atoms with Gasteiger partial charge >= 0.3 is 0 Å². The lowest BCUT2D eigenvalue weighted by Gasteiger charge is -2.05. The Kier molecular flexibility index (Phi) is 5.53. The van der Waals surface area contributed by atoms with E-state index in [4.69, 9.17) is 16.9 Å². The van der Waals surface area contributed by atoms with Crippen LogP contribution in [0.4, 0.5) is 0 Å². The van der Waals surface area contributed by atoms with Gasteiger partial charge in [-0.2, -0.15) is 10.4 Å². The molecule has 0 saturated carbocycles. The van der Waals surface area contributed by atoms with Gasteiger partial charge in [0, 0.05) is 33.1 Å². The van der Waals surface area contributed by atoms with E-state index in [9.17, 15) is 9.90 Å². The van der Waals surface area contributed by atoms with E-state index in [1.54, 1.807) is 17.6 Å². The van der Waals surface area contributed by atoms with Crippen LogP contribution in [0.3, 0.4) is 0 Å². The lowest BCUT2D eigenvalue weighted by atomic mass is 10.1. The molecule has 0 radical (unpaired) electrons. The Morgan fingerprint density at radius 3 is 2.90 bits per heavy atom. The van der Waals surface area contributed by atoms with Crippen LogP contribution in [0.1, 0.15) is 26.4 Å². The SMILES string of the molecule is N#Cc1cc(C(=O)NN=Cc2cccc3c2ccn3Cc2ccc(Cl)s2)ccc1O. The topological polar surface area (TPSA) is 90.4 Å². The molecular weight excluding hydrogens is 420 g/mol. The zero-order valence-electron chi connectivity index (χ0n) is 15.5. The van der Waals surface area contributed by atoms with Crippen LogP contribution in [0.25, 0.3) is 10.9 Å². The number of hydrogen-bond donors (Lipinski definition) is 2. The summed E-state index contributed by atoms with van der Waals surface area (Å²) in [5, 5.41) is 23.6. The summed E-state index contributed by atoms with van der Waals surface area (Å²) in [6.07, 6.45) is 3.59. The highest BCUT2D eigenvalue weighted by Crippen LogP contribution is 2.25. The van der Waals surface area contributed by atoms with E-state index in [1.807, 2.05) is 48.7 Å². The first-order valence-electron chi connectivity index (χ1n) is 8.94. The number of benzene rings is 2. The predicted molar refractivity (Wildman–Crippen MR) is 118 cm³/mol. The first-order valence-corrected chi connectivity index (χ1v) is 10.1. The van der Waals surface area contributed by atoms with Crippen LogP contribution in [0.2, 0.25) is 4.34 Å². The van der Waals surface area contributed by atoms with Crippen LogP contribution in [-0.2, 0) is 6.54 Å². The largest absolute Gasteiger partial charge is 0.507 e. The minimum absolute atomic E-state index is 0.0322. The molecule has 2 N–H and O–H groups in total. The van der Waals surface area contributed by atoms with Crippen molar-refractivity contribution in [3.8, 4) is 11.8 Å². The lowest BCUT2D eigenvalue weighted by molar-refractivity contribution is 0.0955. The monoisotopic (exact) mass is 434 g/mol. The molecule has 30 heavy (non-hydrogen) atoms. The minimum atomic E-state index is -0.470. The number of thiophene rings is 1. The Morgan fingerprint density at radius 1 is 1.27 bits per heavy atom. The fourth-order valence-electron chi connectivity index (χ4n) is 3.09. The number of aromatic nitrogens is 1. The number of phenols is 1. The molecule has 2 aromatic carbocycles. The van der Waals surface area contributed by atoms with Gasteiger partial charge in [0.2, 0.25) is 0 Å². The molecule has 2 heterocycles. The van der Waals surface area contributed by atoms with Gasteiger partial charge in [0.05, 0.1) is 22.7 Å². The maximum absolute atomic E-state index is 12.3. The Morgan fingerprint density at radius 2 is 2.13 bits per heavy atom. The van der Waals surface area contributed by atoms with Crippen LogP contribution < -0.4 is 5.43 Å². The molecule has 0 aliphatic heterocycles. The molecule has 4 rings (SSSR count). The van der Waals surface area contributed by atoms with Crippen molar-refractivity contribution >= 4 is 46.0 Å². The van der Waals surface area contributed by atoms with E-state index in [2.05, 4.69) is 15.1 Å². The third-order valence-corrected chi connectivity index (χ3v) is 5.77. The van der Waals surface area contributed by atoms with Crippen molar-refractivity contribution in [1.29, 1.82) is 5.26 Å². The Hall–Kier alpha value is -3.60.